The molecule has 11 nitrogen and oxygen atoms in total. The molecular weight excluding hydrogens is 582 g/mol. The average Bonchev–Trinajstić information content (AvgIpc) is 3.66. The second-order valence-electron chi connectivity index (χ2n) is 12.0. The average molecular weight is 620 g/mol. The zero-order valence-electron chi connectivity index (χ0n) is 24.2. The second kappa shape index (κ2) is 12.7. The molecule has 238 valence electrons. The van der Waals surface area contributed by atoms with Crippen LogP contribution in [0.25, 0.3) is 11.2 Å². The third-order valence-electron chi connectivity index (χ3n) is 8.78. The number of benzene rings is 1. The minimum Gasteiger partial charge on any atom is -0.365 e. The van der Waals surface area contributed by atoms with Crippen LogP contribution in [0.4, 0.5) is 39.8 Å². The fourth-order valence-electron chi connectivity index (χ4n) is 6.31. The van der Waals surface area contributed by atoms with E-state index in [1.165, 1.54) is 17.9 Å². The summed E-state index contributed by atoms with van der Waals surface area (Å²) in [7, 11) is 0. The Morgan fingerprint density at radius 3 is 2.36 bits per heavy atom. The van der Waals surface area contributed by atoms with Crippen molar-refractivity contribution in [3.05, 3.63) is 35.9 Å². The highest BCUT2D eigenvalue weighted by atomic mass is 19.4. The van der Waals surface area contributed by atoms with E-state index in [0.29, 0.717) is 67.5 Å². The fourth-order valence-corrected chi connectivity index (χ4v) is 6.31. The van der Waals surface area contributed by atoms with E-state index < -0.39 is 29.3 Å². The number of hydrogen-bond acceptors (Lipinski definition) is 9. The quantitative estimate of drug-likeness (QED) is 0.241. The summed E-state index contributed by atoms with van der Waals surface area (Å²) in [5.41, 5.74) is 5.92. The largest absolute Gasteiger partial charge is 0.430 e. The number of amides is 1. The molecule has 2 aliphatic carbocycles. The Labute approximate surface area is 251 Å². The lowest BCUT2D eigenvalue weighted by Gasteiger charge is -2.31. The molecule has 3 aromatic rings. The highest BCUT2D eigenvalue weighted by Crippen LogP contribution is 2.34. The number of rotatable bonds is 7. The molecular formula is C29H37F4N9O2. The van der Waals surface area contributed by atoms with Gasteiger partial charge in [0.15, 0.2) is 17.0 Å². The molecule has 0 atom stereocenters. The first-order valence-electron chi connectivity index (χ1n) is 15.3. The number of nitrogens with one attached hydrogen (secondary N) is 3. The van der Waals surface area contributed by atoms with Gasteiger partial charge in [-0.3, -0.25) is 5.32 Å². The van der Waals surface area contributed by atoms with Gasteiger partial charge in [0.25, 0.3) is 0 Å². The number of imidazole rings is 1. The molecule has 1 aromatic carbocycles. The smallest absolute Gasteiger partial charge is 0.365 e. The van der Waals surface area contributed by atoms with E-state index in [1.807, 2.05) is 6.33 Å². The number of aromatic nitrogens is 4. The van der Waals surface area contributed by atoms with Gasteiger partial charge in [0.2, 0.25) is 5.95 Å². The summed E-state index contributed by atoms with van der Waals surface area (Å²) in [5, 5.41) is 10.5. The normalized spacial score (nSPS) is 22.3. The highest BCUT2D eigenvalue weighted by molar-refractivity contribution is 5.85. The van der Waals surface area contributed by atoms with Crippen molar-refractivity contribution in [3.8, 4) is 0 Å². The van der Waals surface area contributed by atoms with Crippen LogP contribution in [-0.4, -0.2) is 61.9 Å². The lowest BCUT2D eigenvalue weighted by molar-refractivity contribution is -0.137. The summed E-state index contributed by atoms with van der Waals surface area (Å²) in [6.07, 6.45) is 5.66. The van der Waals surface area contributed by atoms with Gasteiger partial charge >= 0.3 is 12.3 Å². The SMILES string of the molecule is N[C@H]1CC[C@H](Nc2nc(NC3CCN(OC(=O)Nc4cc(C(F)(F)F)ccc4F)CC3)c3ncn(C4CCCC4)c3n2)CC1. The van der Waals surface area contributed by atoms with Crippen LogP contribution in [0.1, 0.15) is 75.8 Å². The standard InChI is InChI=1S/C29H37F4N9O2/c30-22-10-5-17(29(31,32)33)15-23(22)38-28(43)44-41-13-11-20(12-14-41)36-25-24-26(42(16-35-24)21-3-1-2-4-21)40-27(39-25)37-19-8-6-18(34)7-9-19/h5,10,15-16,18-21H,1-4,6-9,11-14,34H2,(H,38,43)(H2,36,37,39,40)/t18-,19-. The van der Waals surface area contributed by atoms with Gasteiger partial charge in [-0.15, -0.1) is 5.06 Å². The third kappa shape index (κ3) is 6.98. The highest BCUT2D eigenvalue weighted by Gasteiger charge is 2.32. The summed E-state index contributed by atoms with van der Waals surface area (Å²) in [5.74, 6) is 0.198. The predicted octanol–water partition coefficient (Wildman–Crippen LogP) is 5.82. The molecule has 0 spiro atoms. The molecule has 1 amide bonds. The molecule has 44 heavy (non-hydrogen) atoms. The van der Waals surface area contributed by atoms with E-state index in [9.17, 15) is 22.4 Å². The van der Waals surface area contributed by atoms with Crippen molar-refractivity contribution in [2.45, 2.75) is 94.6 Å². The van der Waals surface area contributed by atoms with Crippen molar-refractivity contribution in [2.75, 3.05) is 29.0 Å². The maximum absolute atomic E-state index is 14.0. The van der Waals surface area contributed by atoms with E-state index in [-0.39, 0.29) is 18.1 Å². The Morgan fingerprint density at radius 1 is 0.955 bits per heavy atom. The molecule has 2 saturated carbocycles. The zero-order valence-corrected chi connectivity index (χ0v) is 24.2. The van der Waals surface area contributed by atoms with Crippen molar-refractivity contribution in [2.24, 2.45) is 5.73 Å². The van der Waals surface area contributed by atoms with E-state index in [4.69, 9.17) is 25.5 Å². The second-order valence-corrected chi connectivity index (χ2v) is 12.0. The number of piperidine rings is 1. The third-order valence-corrected chi connectivity index (χ3v) is 8.78. The Hall–Kier alpha value is -3.72. The van der Waals surface area contributed by atoms with Crippen LogP contribution in [-0.2, 0) is 11.0 Å². The number of alkyl halides is 3. The predicted molar refractivity (Wildman–Crippen MR) is 156 cm³/mol. The Balaban J connectivity index is 1.10. The minimum absolute atomic E-state index is 0.00548. The van der Waals surface area contributed by atoms with Gasteiger partial charge in [-0.1, -0.05) is 12.8 Å². The summed E-state index contributed by atoms with van der Waals surface area (Å²) >= 11 is 0. The molecule has 5 N–H and O–H groups in total. The molecule has 2 aromatic heterocycles. The van der Waals surface area contributed by atoms with Crippen molar-refractivity contribution >= 4 is 34.7 Å². The first-order valence-corrected chi connectivity index (χ1v) is 15.3. The molecule has 0 radical (unpaired) electrons. The maximum atomic E-state index is 14.0. The van der Waals surface area contributed by atoms with E-state index in [2.05, 4.69) is 20.5 Å². The molecule has 3 fully saturated rings. The monoisotopic (exact) mass is 619 g/mol. The van der Waals surface area contributed by atoms with Gasteiger partial charge < -0.3 is 25.8 Å². The van der Waals surface area contributed by atoms with Crippen LogP contribution in [0, 0.1) is 5.82 Å². The summed E-state index contributed by atoms with van der Waals surface area (Å²) in [6, 6.07) is 2.64. The molecule has 1 saturated heterocycles. The molecule has 3 aliphatic rings. The van der Waals surface area contributed by atoms with Crippen LogP contribution in [0.2, 0.25) is 0 Å². The maximum Gasteiger partial charge on any atom is 0.430 e. The topological polar surface area (TPSA) is 135 Å². The molecule has 0 unspecified atom stereocenters. The number of hydroxylamine groups is 2. The lowest BCUT2D eigenvalue weighted by Crippen LogP contribution is -2.41. The zero-order chi connectivity index (χ0) is 30.8. The van der Waals surface area contributed by atoms with Crippen molar-refractivity contribution in [3.63, 3.8) is 0 Å². The number of halogens is 4. The van der Waals surface area contributed by atoms with Crippen molar-refractivity contribution in [1.82, 2.24) is 24.6 Å². The van der Waals surface area contributed by atoms with Crippen LogP contribution in [0.15, 0.2) is 24.5 Å². The summed E-state index contributed by atoms with van der Waals surface area (Å²) < 4.78 is 55.2. The Bertz CT molecular complexity index is 1460. The van der Waals surface area contributed by atoms with Crippen LogP contribution < -0.4 is 21.7 Å². The van der Waals surface area contributed by atoms with Gasteiger partial charge in [-0.25, -0.2) is 14.2 Å². The molecule has 3 heterocycles. The van der Waals surface area contributed by atoms with Crippen LogP contribution in [0.5, 0.6) is 0 Å². The van der Waals surface area contributed by atoms with Gasteiger partial charge in [0.05, 0.1) is 17.6 Å². The van der Waals surface area contributed by atoms with Gasteiger partial charge in [0.1, 0.15) is 5.82 Å². The first kappa shape index (κ1) is 30.3. The summed E-state index contributed by atoms with van der Waals surface area (Å²) in [4.78, 5) is 32.0. The number of nitrogens with zero attached hydrogens (tertiary/aromatic N) is 5. The number of anilines is 3. The number of hydrogen-bond donors (Lipinski definition) is 4. The molecule has 15 heteroatoms. The molecule has 1 aliphatic heterocycles. The van der Waals surface area contributed by atoms with E-state index >= 15 is 0 Å². The number of nitrogens with two attached hydrogens (primary N) is 1. The number of carbonyl (C=O) groups is 1. The molecule has 6 rings (SSSR count). The van der Waals surface area contributed by atoms with E-state index in [0.717, 1.165) is 44.2 Å². The van der Waals surface area contributed by atoms with Crippen LogP contribution in [0.3, 0.4) is 0 Å². The number of carbonyl (C=O) groups excluding carboxylic acids is 1. The first-order chi connectivity index (χ1) is 21.1. The molecule has 0 bridgehead atoms. The minimum atomic E-state index is -4.67. The summed E-state index contributed by atoms with van der Waals surface area (Å²) in [6.45, 7) is 0.711. The Kier molecular flexibility index (Phi) is 8.76. The fraction of sp³-hybridized carbons (Fsp3) is 0.586. The number of fused-ring (bicyclic) bond motifs is 1. The van der Waals surface area contributed by atoms with Gasteiger partial charge in [-0.2, -0.15) is 23.1 Å². The van der Waals surface area contributed by atoms with E-state index in [1.54, 1.807) is 0 Å². The lowest BCUT2D eigenvalue weighted by atomic mass is 9.92. The Morgan fingerprint density at radius 2 is 1.66 bits per heavy atom. The van der Waals surface area contributed by atoms with Crippen molar-refractivity contribution < 1.29 is 27.2 Å². The van der Waals surface area contributed by atoms with Gasteiger partial charge in [-0.05, 0) is 69.6 Å². The van der Waals surface area contributed by atoms with Gasteiger partial charge in [0, 0.05) is 37.3 Å². The van der Waals surface area contributed by atoms with Crippen molar-refractivity contribution in [1.29, 1.82) is 0 Å². The van der Waals surface area contributed by atoms with Crippen LogP contribution >= 0.6 is 0 Å².